The molecule has 0 aliphatic carbocycles. The molecule has 2 rings (SSSR count). The molecule has 1 aromatic heterocycles. The fourth-order valence-corrected chi connectivity index (χ4v) is 1.99. The summed E-state index contributed by atoms with van der Waals surface area (Å²) in [7, 11) is 0. The predicted octanol–water partition coefficient (Wildman–Crippen LogP) is 3.41. The molecule has 0 saturated heterocycles. The first kappa shape index (κ1) is 14.6. The van der Waals surface area contributed by atoms with Gasteiger partial charge in [-0.25, -0.2) is 4.98 Å². The van der Waals surface area contributed by atoms with E-state index in [1.165, 1.54) is 6.42 Å². The average molecular weight is 273 g/mol. The maximum Gasteiger partial charge on any atom is 0.207 e. The minimum Gasteiger partial charge on any atom is -0.380 e. The molecule has 0 bridgehead atoms. The summed E-state index contributed by atoms with van der Waals surface area (Å²) in [5.74, 6) is 0.868. The molecule has 0 unspecified atom stereocenters. The molecule has 0 aliphatic heterocycles. The van der Waals surface area contributed by atoms with Crippen LogP contribution in [0.1, 0.15) is 25.5 Å². The Hall–Kier alpha value is -1.81. The number of unbranched alkanes of at least 4 members (excludes halogenated alkanes) is 1. The highest BCUT2D eigenvalue weighted by Gasteiger charge is 2.06. The van der Waals surface area contributed by atoms with E-state index in [4.69, 9.17) is 4.74 Å². The fourth-order valence-electron chi connectivity index (χ4n) is 1.99. The molecule has 4 nitrogen and oxygen atoms in total. The Balaban J connectivity index is 1.92. The van der Waals surface area contributed by atoms with Crippen molar-refractivity contribution in [3.63, 3.8) is 0 Å². The Morgan fingerprint density at radius 2 is 2.00 bits per heavy atom. The Labute approximate surface area is 120 Å². The predicted molar refractivity (Wildman–Crippen MR) is 82.5 cm³/mol. The van der Waals surface area contributed by atoms with Gasteiger partial charge in [-0.3, -0.25) is 4.57 Å². The topological polar surface area (TPSA) is 39.1 Å². The molecule has 0 saturated carbocycles. The van der Waals surface area contributed by atoms with E-state index in [1.54, 1.807) is 0 Å². The lowest BCUT2D eigenvalue weighted by Gasteiger charge is -2.10. The van der Waals surface area contributed by atoms with Crippen molar-refractivity contribution in [2.75, 3.05) is 25.1 Å². The molecule has 108 valence electrons. The summed E-state index contributed by atoms with van der Waals surface area (Å²) in [6.07, 6.45) is 4.33. The lowest BCUT2D eigenvalue weighted by Crippen LogP contribution is -2.13. The van der Waals surface area contributed by atoms with Crippen LogP contribution < -0.4 is 5.32 Å². The Morgan fingerprint density at radius 3 is 2.75 bits per heavy atom. The van der Waals surface area contributed by atoms with Crippen LogP contribution in [0.15, 0.2) is 36.5 Å². The van der Waals surface area contributed by atoms with Gasteiger partial charge in [0, 0.05) is 25.0 Å². The van der Waals surface area contributed by atoms with Crippen LogP contribution in [-0.4, -0.2) is 29.3 Å². The van der Waals surface area contributed by atoms with E-state index in [0.29, 0.717) is 6.61 Å². The van der Waals surface area contributed by atoms with Crippen LogP contribution in [0.3, 0.4) is 0 Å². The number of para-hydroxylation sites is 1. The third kappa shape index (κ3) is 4.10. The van der Waals surface area contributed by atoms with Gasteiger partial charge in [-0.1, -0.05) is 31.5 Å². The highest BCUT2D eigenvalue weighted by atomic mass is 16.5. The molecule has 0 aliphatic rings. The zero-order valence-electron chi connectivity index (χ0n) is 12.3. The monoisotopic (exact) mass is 273 g/mol. The van der Waals surface area contributed by atoms with E-state index in [9.17, 15) is 0 Å². The van der Waals surface area contributed by atoms with Crippen LogP contribution in [-0.2, 0) is 4.74 Å². The first-order valence-electron chi connectivity index (χ1n) is 7.24. The second-order valence-corrected chi connectivity index (χ2v) is 4.80. The SMILES string of the molecule is CCCCOCCNc1nc(C)cn1-c1ccccc1. The van der Waals surface area contributed by atoms with Crippen molar-refractivity contribution in [2.24, 2.45) is 0 Å². The van der Waals surface area contributed by atoms with E-state index in [2.05, 4.69) is 33.9 Å². The van der Waals surface area contributed by atoms with Gasteiger partial charge in [-0.15, -0.1) is 0 Å². The van der Waals surface area contributed by atoms with Gasteiger partial charge in [0.1, 0.15) is 0 Å². The molecule has 1 N–H and O–H groups in total. The van der Waals surface area contributed by atoms with Crippen molar-refractivity contribution >= 4 is 5.95 Å². The highest BCUT2D eigenvalue weighted by Crippen LogP contribution is 2.15. The number of benzene rings is 1. The molecule has 1 aromatic carbocycles. The van der Waals surface area contributed by atoms with Gasteiger partial charge in [0.05, 0.1) is 12.3 Å². The van der Waals surface area contributed by atoms with Gasteiger partial charge in [-0.2, -0.15) is 0 Å². The number of anilines is 1. The molecular formula is C16H23N3O. The molecule has 0 spiro atoms. The number of rotatable bonds is 8. The quantitative estimate of drug-likeness (QED) is 0.749. The second kappa shape index (κ2) is 7.70. The first-order chi connectivity index (χ1) is 9.81. The fraction of sp³-hybridized carbons (Fsp3) is 0.438. The van der Waals surface area contributed by atoms with Gasteiger partial charge in [0.25, 0.3) is 0 Å². The van der Waals surface area contributed by atoms with Crippen molar-refractivity contribution in [3.8, 4) is 5.69 Å². The third-order valence-electron chi connectivity index (χ3n) is 3.03. The minimum atomic E-state index is 0.709. The Kier molecular flexibility index (Phi) is 5.62. The van der Waals surface area contributed by atoms with Crippen LogP contribution in [0.25, 0.3) is 5.69 Å². The van der Waals surface area contributed by atoms with Crippen molar-refractivity contribution in [1.29, 1.82) is 0 Å². The molecule has 0 fully saturated rings. The van der Waals surface area contributed by atoms with Crippen molar-refractivity contribution in [3.05, 3.63) is 42.2 Å². The smallest absolute Gasteiger partial charge is 0.207 e. The van der Waals surface area contributed by atoms with E-state index in [0.717, 1.165) is 36.9 Å². The van der Waals surface area contributed by atoms with Crippen LogP contribution in [0.5, 0.6) is 0 Å². The highest BCUT2D eigenvalue weighted by molar-refractivity contribution is 5.42. The Morgan fingerprint density at radius 1 is 1.20 bits per heavy atom. The van der Waals surface area contributed by atoms with Crippen LogP contribution in [0, 0.1) is 6.92 Å². The van der Waals surface area contributed by atoms with Gasteiger partial charge in [0.2, 0.25) is 5.95 Å². The number of nitrogens with one attached hydrogen (secondary N) is 1. The summed E-state index contributed by atoms with van der Waals surface area (Å²) >= 11 is 0. The number of ether oxygens (including phenoxy) is 1. The molecule has 1 heterocycles. The number of nitrogens with zero attached hydrogens (tertiary/aromatic N) is 2. The number of imidazole rings is 1. The van der Waals surface area contributed by atoms with E-state index < -0.39 is 0 Å². The maximum atomic E-state index is 5.55. The molecule has 4 heteroatoms. The first-order valence-corrected chi connectivity index (χ1v) is 7.24. The van der Waals surface area contributed by atoms with Gasteiger partial charge >= 0.3 is 0 Å². The van der Waals surface area contributed by atoms with Crippen LogP contribution >= 0.6 is 0 Å². The summed E-state index contributed by atoms with van der Waals surface area (Å²) in [6, 6.07) is 10.2. The summed E-state index contributed by atoms with van der Waals surface area (Å²) in [6.45, 7) is 6.49. The summed E-state index contributed by atoms with van der Waals surface area (Å²) in [5.41, 5.74) is 2.12. The van der Waals surface area contributed by atoms with E-state index >= 15 is 0 Å². The molecule has 2 aromatic rings. The minimum absolute atomic E-state index is 0.709. The van der Waals surface area contributed by atoms with Crippen molar-refractivity contribution in [2.45, 2.75) is 26.7 Å². The summed E-state index contributed by atoms with van der Waals surface area (Å²) < 4.78 is 7.62. The van der Waals surface area contributed by atoms with Crippen LogP contribution in [0.2, 0.25) is 0 Å². The summed E-state index contributed by atoms with van der Waals surface area (Å²) in [5, 5.41) is 3.34. The molecule has 0 radical (unpaired) electrons. The van der Waals surface area contributed by atoms with Gasteiger partial charge in [-0.05, 0) is 25.5 Å². The zero-order valence-corrected chi connectivity index (χ0v) is 12.3. The standard InChI is InChI=1S/C16H23N3O/c1-3-4-11-20-12-10-17-16-18-14(2)13-19(16)15-8-6-5-7-9-15/h5-9,13H,3-4,10-12H2,1-2H3,(H,17,18). The largest absolute Gasteiger partial charge is 0.380 e. The number of aryl methyl sites for hydroxylation is 1. The third-order valence-corrected chi connectivity index (χ3v) is 3.03. The van der Waals surface area contributed by atoms with E-state index in [1.807, 2.05) is 31.3 Å². The molecular weight excluding hydrogens is 250 g/mol. The molecule has 0 amide bonds. The zero-order chi connectivity index (χ0) is 14.2. The van der Waals surface area contributed by atoms with Crippen LogP contribution in [0.4, 0.5) is 5.95 Å². The second-order valence-electron chi connectivity index (χ2n) is 4.80. The Bertz CT molecular complexity index is 508. The number of hydrogen-bond acceptors (Lipinski definition) is 3. The lowest BCUT2D eigenvalue weighted by molar-refractivity contribution is 0.141. The van der Waals surface area contributed by atoms with Gasteiger partial charge in [0.15, 0.2) is 0 Å². The summed E-state index contributed by atoms with van der Waals surface area (Å²) in [4.78, 5) is 4.52. The molecule has 0 atom stereocenters. The normalized spacial score (nSPS) is 10.7. The number of hydrogen-bond donors (Lipinski definition) is 1. The number of aromatic nitrogens is 2. The van der Waals surface area contributed by atoms with Gasteiger partial charge < -0.3 is 10.1 Å². The lowest BCUT2D eigenvalue weighted by atomic mass is 10.3. The molecule has 20 heavy (non-hydrogen) atoms. The van der Waals surface area contributed by atoms with Crippen molar-refractivity contribution < 1.29 is 4.74 Å². The van der Waals surface area contributed by atoms with E-state index in [-0.39, 0.29) is 0 Å². The maximum absolute atomic E-state index is 5.55. The van der Waals surface area contributed by atoms with Crippen molar-refractivity contribution in [1.82, 2.24) is 9.55 Å². The average Bonchev–Trinajstić information content (AvgIpc) is 2.85.